The molecule has 0 saturated carbocycles. The predicted octanol–water partition coefficient (Wildman–Crippen LogP) is 5.22. The molecule has 2 rings (SSSR count). The number of halogens is 3. The fourth-order valence-electron chi connectivity index (χ4n) is 1.85. The number of carbonyl (C=O) groups excluding carboxylic acids is 1. The van der Waals surface area contributed by atoms with Crippen molar-refractivity contribution < 1.29 is 14.3 Å². The average Bonchev–Trinajstić information content (AvgIpc) is 2.46. The lowest BCUT2D eigenvalue weighted by Crippen LogP contribution is -2.05. The summed E-state index contributed by atoms with van der Waals surface area (Å²) in [6.07, 6.45) is 0. The zero-order valence-corrected chi connectivity index (χ0v) is 16.0. The van der Waals surface area contributed by atoms with E-state index in [1.54, 1.807) is 25.3 Å². The van der Waals surface area contributed by atoms with Crippen molar-refractivity contribution in [1.82, 2.24) is 0 Å². The van der Waals surface area contributed by atoms with E-state index in [0.29, 0.717) is 27.1 Å². The van der Waals surface area contributed by atoms with Crippen molar-refractivity contribution in [3.8, 4) is 11.5 Å². The van der Waals surface area contributed by atoms with Crippen LogP contribution in [0.3, 0.4) is 0 Å². The van der Waals surface area contributed by atoms with Gasteiger partial charge < -0.3 is 9.47 Å². The van der Waals surface area contributed by atoms with E-state index in [2.05, 4.69) is 47.8 Å². The van der Waals surface area contributed by atoms with Gasteiger partial charge in [-0.05, 0) is 62.2 Å². The molecule has 2 aromatic carbocycles. The first-order valence-electron chi connectivity index (χ1n) is 5.89. The summed E-state index contributed by atoms with van der Waals surface area (Å²) in [5, 5.41) is 0. The Balaban J connectivity index is 2.53. The quantitative estimate of drug-likeness (QED) is 0.565. The van der Waals surface area contributed by atoms with Crippen LogP contribution in [0.15, 0.2) is 43.7 Å². The second-order valence-corrected chi connectivity index (χ2v) is 6.76. The fourth-order valence-corrected chi connectivity index (χ4v) is 3.58. The van der Waals surface area contributed by atoms with Crippen molar-refractivity contribution in [2.24, 2.45) is 0 Å². The Morgan fingerprint density at radius 1 is 0.857 bits per heavy atom. The average molecular weight is 479 g/mol. The van der Waals surface area contributed by atoms with Crippen LogP contribution in [0.5, 0.6) is 11.5 Å². The van der Waals surface area contributed by atoms with E-state index in [0.717, 1.165) is 8.95 Å². The minimum Gasteiger partial charge on any atom is -0.493 e. The highest BCUT2D eigenvalue weighted by Crippen LogP contribution is 2.35. The Morgan fingerprint density at radius 3 is 2.00 bits per heavy atom. The summed E-state index contributed by atoms with van der Waals surface area (Å²) >= 11 is 10.2. The van der Waals surface area contributed by atoms with Crippen LogP contribution in [-0.2, 0) is 0 Å². The highest BCUT2D eigenvalue weighted by atomic mass is 79.9. The zero-order chi connectivity index (χ0) is 15.6. The minimum absolute atomic E-state index is 0.109. The second-order valence-electron chi connectivity index (χ2n) is 4.14. The number of ether oxygens (including phenoxy) is 2. The van der Waals surface area contributed by atoms with Crippen LogP contribution in [-0.4, -0.2) is 20.0 Å². The molecule has 0 radical (unpaired) electrons. The van der Waals surface area contributed by atoms with Crippen LogP contribution in [0.4, 0.5) is 0 Å². The Hall–Kier alpha value is -0.850. The van der Waals surface area contributed by atoms with Crippen molar-refractivity contribution in [3.63, 3.8) is 0 Å². The third-order valence-electron chi connectivity index (χ3n) is 2.89. The van der Waals surface area contributed by atoms with E-state index >= 15 is 0 Å². The maximum atomic E-state index is 12.7. The van der Waals surface area contributed by atoms with Crippen molar-refractivity contribution in [3.05, 3.63) is 54.9 Å². The van der Waals surface area contributed by atoms with Gasteiger partial charge in [0.1, 0.15) is 0 Å². The van der Waals surface area contributed by atoms with E-state index < -0.39 is 0 Å². The molecule has 0 amide bonds. The summed E-state index contributed by atoms with van der Waals surface area (Å²) in [5.41, 5.74) is 1.08. The lowest BCUT2D eigenvalue weighted by molar-refractivity contribution is 0.103. The molecule has 0 aromatic heterocycles. The second kappa shape index (κ2) is 6.94. The molecule has 110 valence electrons. The molecule has 0 aliphatic rings. The lowest BCUT2D eigenvalue weighted by Gasteiger charge is -2.12. The molecule has 0 aliphatic heterocycles. The van der Waals surface area contributed by atoms with E-state index in [1.165, 1.54) is 7.11 Å². The number of benzene rings is 2. The number of hydrogen-bond donors (Lipinski definition) is 0. The summed E-state index contributed by atoms with van der Waals surface area (Å²) in [6, 6.07) is 8.81. The molecule has 21 heavy (non-hydrogen) atoms. The van der Waals surface area contributed by atoms with Gasteiger partial charge in [0.15, 0.2) is 17.3 Å². The van der Waals surface area contributed by atoms with Crippen molar-refractivity contribution in [1.29, 1.82) is 0 Å². The number of rotatable bonds is 4. The Kier molecular flexibility index (Phi) is 5.46. The van der Waals surface area contributed by atoms with Gasteiger partial charge in [0.05, 0.1) is 14.2 Å². The summed E-state index contributed by atoms with van der Waals surface area (Å²) in [7, 11) is 3.09. The van der Waals surface area contributed by atoms with Gasteiger partial charge in [0.25, 0.3) is 0 Å². The molecule has 0 N–H and O–H groups in total. The first kappa shape index (κ1) is 16.5. The molecule has 0 spiro atoms. The molecule has 0 aliphatic carbocycles. The summed E-state index contributed by atoms with van der Waals surface area (Å²) < 4.78 is 12.7. The van der Waals surface area contributed by atoms with E-state index in [4.69, 9.17) is 9.47 Å². The van der Waals surface area contributed by atoms with Gasteiger partial charge in [-0.15, -0.1) is 0 Å². The first-order chi connectivity index (χ1) is 9.97. The van der Waals surface area contributed by atoms with Crippen molar-refractivity contribution >= 4 is 53.6 Å². The van der Waals surface area contributed by atoms with Crippen molar-refractivity contribution in [2.75, 3.05) is 14.2 Å². The number of ketones is 1. The summed E-state index contributed by atoms with van der Waals surface area (Å²) in [4.78, 5) is 12.7. The molecule has 0 fully saturated rings. The van der Waals surface area contributed by atoms with Gasteiger partial charge in [-0.25, -0.2) is 0 Å². The molecule has 6 heteroatoms. The van der Waals surface area contributed by atoms with E-state index in [1.807, 2.05) is 12.1 Å². The Labute approximate surface area is 148 Å². The normalized spacial score (nSPS) is 10.3. The predicted molar refractivity (Wildman–Crippen MR) is 92.5 cm³/mol. The van der Waals surface area contributed by atoms with Gasteiger partial charge in [-0.1, -0.05) is 15.9 Å². The van der Waals surface area contributed by atoms with Crippen LogP contribution < -0.4 is 9.47 Å². The third-order valence-corrected chi connectivity index (χ3v) is 4.70. The summed E-state index contributed by atoms with van der Waals surface area (Å²) in [6.45, 7) is 0. The SMILES string of the molecule is COc1cc(Br)c(C(=O)c2ccc(Br)cc2Br)cc1OC. The van der Waals surface area contributed by atoms with Crippen LogP contribution in [0.2, 0.25) is 0 Å². The lowest BCUT2D eigenvalue weighted by atomic mass is 10.0. The molecular weight excluding hydrogens is 468 g/mol. The van der Waals surface area contributed by atoms with Crippen LogP contribution in [0.1, 0.15) is 15.9 Å². The Morgan fingerprint density at radius 2 is 1.43 bits per heavy atom. The standard InChI is InChI=1S/C15H11Br3O3/c1-20-13-6-10(12(18)7-14(13)21-2)15(19)9-4-3-8(16)5-11(9)17/h3-7H,1-2H3. The van der Waals surface area contributed by atoms with E-state index in [-0.39, 0.29) is 5.78 Å². The van der Waals surface area contributed by atoms with Gasteiger partial charge in [0.2, 0.25) is 0 Å². The molecule has 0 heterocycles. The smallest absolute Gasteiger partial charge is 0.195 e. The van der Waals surface area contributed by atoms with Gasteiger partial charge >= 0.3 is 0 Å². The molecule has 2 aromatic rings. The molecule has 0 bridgehead atoms. The highest BCUT2D eigenvalue weighted by molar-refractivity contribution is 9.11. The number of hydrogen-bond acceptors (Lipinski definition) is 3. The summed E-state index contributed by atoms with van der Waals surface area (Å²) in [5.74, 6) is 0.968. The fraction of sp³-hybridized carbons (Fsp3) is 0.133. The zero-order valence-electron chi connectivity index (χ0n) is 11.2. The first-order valence-corrected chi connectivity index (χ1v) is 8.27. The Bertz CT molecular complexity index is 699. The largest absolute Gasteiger partial charge is 0.493 e. The van der Waals surface area contributed by atoms with Crippen molar-refractivity contribution in [2.45, 2.75) is 0 Å². The minimum atomic E-state index is -0.109. The number of carbonyl (C=O) groups is 1. The molecule has 0 unspecified atom stereocenters. The molecular formula is C15H11Br3O3. The topological polar surface area (TPSA) is 35.5 Å². The van der Waals surface area contributed by atoms with E-state index in [9.17, 15) is 4.79 Å². The maximum Gasteiger partial charge on any atom is 0.195 e. The van der Waals surface area contributed by atoms with Crippen LogP contribution in [0, 0.1) is 0 Å². The monoisotopic (exact) mass is 476 g/mol. The van der Waals surface area contributed by atoms with Gasteiger partial charge in [-0.3, -0.25) is 4.79 Å². The van der Waals surface area contributed by atoms with Crippen LogP contribution in [0.25, 0.3) is 0 Å². The highest BCUT2D eigenvalue weighted by Gasteiger charge is 2.19. The van der Waals surface area contributed by atoms with Gasteiger partial charge in [-0.2, -0.15) is 0 Å². The van der Waals surface area contributed by atoms with Crippen LogP contribution >= 0.6 is 47.8 Å². The number of methoxy groups -OCH3 is 2. The third kappa shape index (κ3) is 3.49. The molecule has 3 nitrogen and oxygen atoms in total. The molecule has 0 atom stereocenters. The molecule has 0 saturated heterocycles. The maximum absolute atomic E-state index is 12.7. The van der Waals surface area contributed by atoms with Gasteiger partial charge in [0, 0.05) is 24.5 Å².